The monoisotopic (exact) mass is 368 g/mol. The van der Waals surface area contributed by atoms with Crippen molar-refractivity contribution in [2.75, 3.05) is 17.7 Å². The van der Waals surface area contributed by atoms with Crippen LogP contribution in [0.15, 0.2) is 71.1 Å². The number of nitriles is 1. The zero-order valence-electron chi connectivity index (χ0n) is 15.1. The molecule has 0 unspecified atom stereocenters. The molecule has 28 heavy (non-hydrogen) atoms. The van der Waals surface area contributed by atoms with Gasteiger partial charge in [0.2, 0.25) is 11.8 Å². The molecule has 2 N–H and O–H groups in total. The maximum Gasteiger partial charge on any atom is 0.279 e. The lowest BCUT2D eigenvalue weighted by molar-refractivity contribution is 0.102. The predicted octanol–water partition coefficient (Wildman–Crippen LogP) is 4.66. The smallest absolute Gasteiger partial charge is 0.279 e. The minimum atomic E-state index is -0.422. The summed E-state index contributed by atoms with van der Waals surface area (Å²) in [5.74, 6) is 0.212. The summed E-state index contributed by atoms with van der Waals surface area (Å²) in [5, 5.41) is 16.7. The van der Waals surface area contributed by atoms with Crippen LogP contribution in [0.2, 0.25) is 0 Å². The van der Waals surface area contributed by atoms with Gasteiger partial charge in [0.25, 0.3) is 5.91 Å². The maximum atomic E-state index is 12.7. The van der Waals surface area contributed by atoms with Crippen molar-refractivity contribution in [2.45, 2.75) is 0 Å². The van der Waals surface area contributed by atoms with E-state index in [2.05, 4.69) is 15.6 Å². The van der Waals surface area contributed by atoms with Crippen molar-refractivity contribution in [2.24, 2.45) is 0 Å². The molecule has 0 saturated carbocycles. The maximum absolute atomic E-state index is 12.7. The van der Waals surface area contributed by atoms with Gasteiger partial charge < -0.3 is 15.1 Å². The van der Waals surface area contributed by atoms with E-state index < -0.39 is 5.91 Å². The van der Waals surface area contributed by atoms with Gasteiger partial charge in [0, 0.05) is 18.3 Å². The molecule has 6 heteroatoms. The summed E-state index contributed by atoms with van der Waals surface area (Å²) >= 11 is 0. The van der Waals surface area contributed by atoms with Crippen LogP contribution < -0.4 is 10.6 Å². The number of aromatic nitrogens is 1. The molecule has 0 atom stereocenters. The van der Waals surface area contributed by atoms with Gasteiger partial charge in [-0.15, -0.1) is 0 Å². The standard InChI is InChI=1S/C22H16N4O2/c1-24-22-19(20(27)25-16-9-4-6-14(12-16)13-23)26-21(28-22)18-11-5-8-15-7-2-3-10-17(15)18/h2-12,24H,1H3,(H,25,27). The quantitative estimate of drug-likeness (QED) is 0.547. The number of carbonyl (C=O) groups is 1. The molecule has 1 aromatic heterocycles. The Morgan fingerprint density at radius 1 is 1.07 bits per heavy atom. The number of carbonyl (C=O) groups excluding carboxylic acids is 1. The summed E-state index contributed by atoms with van der Waals surface area (Å²) in [6, 6.07) is 22.5. The van der Waals surface area contributed by atoms with E-state index in [0.717, 1.165) is 16.3 Å². The Kier molecular flexibility index (Phi) is 4.48. The highest BCUT2D eigenvalue weighted by molar-refractivity contribution is 6.06. The molecule has 1 amide bonds. The third-order valence-electron chi connectivity index (χ3n) is 4.34. The van der Waals surface area contributed by atoms with Crippen LogP contribution in [-0.4, -0.2) is 17.9 Å². The number of hydrogen-bond donors (Lipinski definition) is 2. The topological polar surface area (TPSA) is 90.9 Å². The number of benzene rings is 3. The van der Waals surface area contributed by atoms with E-state index in [9.17, 15) is 4.79 Å². The lowest BCUT2D eigenvalue weighted by Crippen LogP contribution is -2.14. The average molecular weight is 368 g/mol. The Balaban J connectivity index is 1.72. The first-order valence-corrected chi connectivity index (χ1v) is 8.68. The third kappa shape index (κ3) is 3.17. The van der Waals surface area contributed by atoms with Gasteiger partial charge in [0.1, 0.15) is 0 Å². The summed E-state index contributed by atoms with van der Waals surface area (Å²) in [5.41, 5.74) is 1.93. The lowest BCUT2D eigenvalue weighted by atomic mass is 10.0. The minimum absolute atomic E-state index is 0.146. The van der Waals surface area contributed by atoms with Gasteiger partial charge in [-0.3, -0.25) is 4.79 Å². The summed E-state index contributed by atoms with van der Waals surface area (Å²) < 4.78 is 5.83. The van der Waals surface area contributed by atoms with E-state index in [-0.39, 0.29) is 11.6 Å². The predicted molar refractivity (Wildman–Crippen MR) is 108 cm³/mol. The van der Waals surface area contributed by atoms with Crippen molar-refractivity contribution >= 4 is 28.3 Å². The second kappa shape index (κ2) is 7.25. The van der Waals surface area contributed by atoms with Crippen molar-refractivity contribution in [1.29, 1.82) is 5.26 Å². The Labute approximate surface area is 161 Å². The van der Waals surface area contributed by atoms with Crippen LogP contribution in [0.3, 0.4) is 0 Å². The molecule has 0 fully saturated rings. The largest absolute Gasteiger partial charge is 0.420 e. The Morgan fingerprint density at radius 2 is 1.86 bits per heavy atom. The number of hydrogen-bond acceptors (Lipinski definition) is 5. The van der Waals surface area contributed by atoms with E-state index in [1.165, 1.54) is 0 Å². The number of rotatable bonds is 4. The van der Waals surface area contributed by atoms with Gasteiger partial charge in [0.15, 0.2) is 5.69 Å². The van der Waals surface area contributed by atoms with Gasteiger partial charge in [-0.1, -0.05) is 42.5 Å². The highest BCUT2D eigenvalue weighted by atomic mass is 16.4. The number of nitrogens with zero attached hydrogens (tertiary/aromatic N) is 2. The highest BCUT2D eigenvalue weighted by Crippen LogP contribution is 2.31. The molecule has 1 heterocycles. The summed E-state index contributed by atoms with van der Waals surface area (Å²) in [7, 11) is 1.67. The molecule has 0 saturated heterocycles. The Hall–Kier alpha value is -4.11. The molecule has 6 nitrogen and oxygen atoms in total. The highest BCUT2D eigenvalue weighted by Gasteiger charge is 2.21. The number of nitrogens with one attached hydrogen (secondary N) is 2. The van der Waals surface area contributed by atoms with Crippen LogP contribution in [0.5, 0.6) is 0 Å². The van der Waals surface area contributed by atoms with Crippen molar-refractivity contribution in [3.8, 4) is 17.5 Å². The van der Waals surface area contributed by atoms with Crippen LogP contribution in [0.1, 0.15) is 16.1 Å². The Morgan fingerprint density at radius 3 is 2.68 bits per heavy atom. The first kappa shape index (κ1) is 17.3. The summed E-state index contributed by atoms with van der Waals surface area (Å²) in [6.45, 7) is 0. The zero-order chi connectivity index (χ0) is 19.5. The van der Waals surface area contributed by atoms with Crippen molar-refractivity contribution in [3.63, 3.8) is 0 Å². The van der Waals surface area contributed by atoms with Gasteiger partial charge in [-0.2, -0.15) is 5.26 Å². The molecule has 136 valence electrons. The molecule has 0 spiro atoms. The first-order chi connectivity index (χ1) is 13.7. The second-order valence-electron chi connectivity index (χ2n) is 6.12. The van der Waals surface area contributed by atoms with Gasteiger partial charge in [-0.05, 0) is 35.0 Å². The fourth-order valence-electron chi connectivity index (χ4n) is 3.03. The van der Waals surface area contributed by atoms with Crippen LogP contribution in [0, 0.1) is 11.3 Å². The summed E-state index contributed by atoms with van der Waals surface area (Å²) in [6.07, 6.45) is 0. The van der Waals surface area contributed by atoms with E-state index in [1.807, 2.05) is 48.5 Å². The van der Waals surface area contributed by atoms with E-state index in [4.69, 9.17) is 9.68 Å². The molecule has 0 aliphatic rings. The molecular weight excluding hydrogens is 352 g/mol. The number of amides is 1. The van der Waals surface area contributed by atoms with Crippen LogP contribution >= 0.6 is 0 Å². The molecule has 0 bridgehead atoms. The Bertz CT molecular complexity index is 1220. The van der Waals surface area contributed by atoms with Crippen molar-refractivity contribution in [3.05, 3.63) is 78.0 Å². The SMILES string of the molecule is CNc1oc(-c2cccc3ccccc23)nc1C(=O)Nc1cccc(C#N)c1. The molecule has 3 aromatic carbocycles. The average Bonchev–Trinajstić information content (AvgIpc) is 3.18. The van der Waals surface area contributed by atoms with Crippen LogP contribution in [0.25, 0.3) is 22.2 Å². The molecule has 0 radical (unpaired) electrons. The van der Waals surface area contributed by atoms with Crippen molar-refractivity contribution in [1.82, 2.24) is 4.98 Å². The normalized spacial score (nSPS) is 10.4. The minimum Gasteiger partial charge on any atom is -0.420 e. The van der Waals surface area contributed by atoms with E-state index in [0.29, 0.717) is 17.1 Å². The van der Waals surface area contributed by atoms with Gasteiger partial charge in [-0.25, -0.2) is 4.98 Å². The second-order valence-corrected chi connectivity index (χ2v) is 6.12. The number of fused-ring (bicyclic) bond motifs is 1. The fraction of sp³-hybridized carbons (Fsp3) is 0.0455. The third-order valence-corrected chi connectivity index (χ3v) is 4.34. The fourth-order valence-corrected chi connectivity index (χ4v) is 3.03. The first-order valence-electron chi connectivity index (χ1n) is 8.68. The number of anilines is 2. The van der Waals surface area contributed by atoms with Gasteiger partial charge >= 0.3 is 0 Å². The zero-order valence-corrected chi connectivity index (χ0v) is 15.1. The summed E-state index contributed by atoms with van der Waals surface area (Å²) in [4.78, 5) is 17.2. The molecule has 4 rings (SSSR count). The molecule has 0 aliphatic carbocycles. The van der Waals surface area contributed by atoms with E-state index >= 15 is 0 Å². The lowest BCUT2D eigenvalue weighted by Gasteiger charge is -2.04. The molecule has 4 aromatic rings. The molecular formula is C22H16N4O2. The van der Waals surface area contributed by atoms with Gasteiger partial charge in [0.05, 0.1) is 11.6 Å². The molecule has 0 aliphatic heterocycles. The van der Waals surface area contributed by atoms with Crippen molar-refractivity contribution < 1.29 is 9.21 Å². The van der Waals surface area contributed by atoms with Crippen LogP contribution in [0.4, 0.5) is 11.6 Å². The van der Waals surface area contributed by atoms with E-state index in [1.54, 1.807) is 31.3 Å². The number of oxazole rings is 1. The van der Waals surface area contributed by atoms with Crippen LogP contribution in [-0.2, 0) is 0 Å².